The van der Waals surface area contributed by atoms with Crippen molar-refractivity contribution in [2.45, 2.75) is 13.5 Å². The quantitative estimate of drug-likeness (QED) is 0.650. The molecule has 19 heavy (non-hydrogen) atoms. The van der Waals surface area contributed by atoms with Crippen LogP contribution >= 0.6 is 0 Å². The molecule has 4 heteroatoms. The number of nitrogens with two attached hydrogens (primary N) is 1. The molecule has 0 amide bonds. The van der Waals surface area contributed by atoms with Crippen LogP contribution in [0.4, 0.5) is 5.69 Å². The third-order valence-corrected chi connectivity index (χ3v) is 3.00. The Labute approximate surface area is 113 Å². The third kappa shape index (κ3) is 3.31. The smallest absolute Gasteiger partial charge is 0.141 e. The molecule has 0 spiro atoms. The number of hydrogen-bond donors (Lipinski definition) is 2. The number of anilines is 1. The molecule has 2 aromatic rings. The Morgan fingerprint density at radius 2 is 1.95 bits per heavy atom. The lowest BCUT2D eigenvalue weighted by Crippen LogP contribution is -2.18. The highest BCUT2D eigenvalue weighted by atomic mass is 15.1. The molecule has 2 rings (SSSR count). The van der Waals surface area contributed by atoms with Gasteiger partial charge in [-0.25, -0.2) is 0 Å². The molecule has 0 saturated carbocycles. The molecule has 1 aromatic carbocycles. The fraction of sp³-hybridized carbons (Fsp3) is 0.200. The van der Waals surface area contributed by atoms with Crippen LogP contribution in [0.1, 0.15) is 16.8 Å². The van der Waals surface area contributed by atoms with Crippen LogP contribution in [-0.4, -0.2) is 17.9 Å². The third-order valence-electron chi connectivity index (χ3n) is 3.00. The number of benzene rings is 1. The van der Waals surface area contributed by atoms with Gasteiger partial charge in [-0.2, -0.15) is 0 Å². The Bertz CT molecular complexity index is 575. The molecule has 0 aliphatic rings. The Kier molecular flexibility index (Phi) is 3.80. The Morgan fingerprint density at radius 1 is 1.26 bits per heavy atom. The first-order valence-corrected chi connectivity index (χ1v) is 6.13. The number of pyridine rings is 1. The topological polar surface area (TPSA) is 66.0 Å². The van der Waals surface area contributed by atoms with Crippen LogP contribution in [0.15, 0.2) is 42.6 Å². The number of nitrogens with one attached hydrogen (secondary N) is 1. The standard InChI is InChI=1S/C15H18N4/c1-11-3-5-12(6-4-11)10-19(2)13-7-8-18-14(9-13)15(16)17/h3-9H,10H2,1-2H3,(H3,16,17). The molecule has 1 aromatic heterocycles. The zero-order valence-electron chi connectivity index (χ0n) is 11.2. The highest BCUT2D eigenvalue weighted by molar-refractivity contribution is 5.93. The van der Waals surface area contributed by atoms with Crippen LogP contribution in [0, 0.1) is 12.3 Å². The maximum atomic E-state index is 7.41. The number of amidine groups is 1. The largest absolute Gasteiger partial charge is 0.382 e. The highest BCUT2D eigenvalue weighted by Crippen LogP contribution is 2.16. The van der Waals surface area contributed by atoms with E-state index >= 15 is 0 Å². The molecule has 0 atom stereocenters. The number of nitrogen functional groups attached to an aromatic ring is 1. The molecule has 0 fully saturated rings. The molecule has 4 nitrogen and oxygen atoms in total. The summed E-state index contributed by atoms with van der Waals surface area (Å²) in [5.41, 5.74) is 9.47. The van der Waals surface area contributed by atoms with Gasteiger partial charge in [-0.15, -0.1) is 0 Å². The summed E-state index contributed by atoms with van der Waals surface area (Å²) in [7, 11) is 2.01. The van der Waals surface area contributed by atoms with Gasteiger partial charge in [0, 0.05) is 25.5 Å². The lowest BCUT2D eigenvalue weighted by molar-refractivity contribution is 0.919. The summed E-state index contributed by atoms with van der Waals surface area (Å²) < 4.78 is 0. The first-order chi connectivity index (χ1) is 9.06. The first kappa shape index (κ1) is 13.1. The lowest BCUT2D eigenvalue weighted by atomic mass is 10.1. The van der Waals surface area contributed by atoms with E-state index in [1.165, 1.54) is 11.1 Å². The second-order valence-corrected chi connectivity index (χ2v) is 4.65. The van der Waals surface area contributed by atoms with Crippen molar-refractivity contribution < 1.29 is 0 Å². The molecule has 0 aliphatic carbocycles. The number of aryl methyl sites for hydroxylation is 1. The fourth-order valence-corrected chi connectivity index (χ4v) is 1.86. The average Bonchev–Trinajstić information content (AvgIpc) is 2.41. The molecular formula is C15H18N4. The Hall–Kier alpha value is -2.36. The van der Waals surface area contributed by atoms with Crippen molar-refractivity contribution in [2.24, 2.45) is 5.73 Å². The SMILES string of the molecule is Cc1ccc(CN(C)c2ccnc(C(=N)N)c2)cc1. The predicted octanol–water partition coefficient (Wildman–Crippen LogP) is 2.31. The summed E-state index contributed by atoms with van der Waals surface area (Å²) in [6, 6.07) is 12.2. The molecule has 0 bridgehead atoms. The summed E-state index contributed by atoms with van der Waals surface area (Å²) in [5.74, 6) is -0.00872. The van der Waals surface area contributed by atoms with E-state index in [4.69, 9.17) is 11.1 Å². The average molecular weight is 254 g/mol. The van der Waals surface area contributed by atoms with Crippen molar-refractivity contribution in [3.63, 3.8) is 0 Å². The molecular weight excluding hydrogens is 236 g/mol. The highest BCUT2D eigenvalue weighted by Gasteiger charge is 2.05. The van der Waals surface area contributed by atoms with Gasteiger partial charge in [0.2, 0.25) is 0 Å². The molecule has 0 unspecified atom stereocenters. The molecule has 3 N–H and O–H groups in total. The lowest BCUT2D eigenvalue weighted by Gasteiger charge is -2.19. The van der Waals surface area contributed by atoms with E-state index in [0.29, 0.717) is 5.69 Å². The molecule has 0 radical (unpaired) electrons. The van der Waals surface area contributed by atoms with E-state index in [0.717, 1.165) is 12.2 Å². The van der Waals surface area contributed by atoms with Crippen molar-refractivity contribution in [2.75, 3.05) is 11.9 Å². The van der Waals surface area contributed by atoms with Crippen LogP contribution in [0.25, 0.3) is 0 Å². The minimum absolute atomic E-state index is 0.00872. The zero-order valence-corrected chi connectivity index (χ0v) is 11.2. The van der Waals surface area contributed by atoms with Crippen molar-refractivity contribution in [1.29, 1.82) is 5.41 Å². The van der Waals surface area contributed by atoms with Gasteiger partial charge in [0.1, 0.15) is 11.5 Å². The first-order valence-electron chi connectivity index (χ1n) is 6.13. The zero-order chi connectivity index (χ0) is 13.8. The van der Waals surface area contributed by atoms with Gasteiger partial charge in [-0.1, -0.05) is 29.8 Å². The number of hydrogen-bond acceptors (Lipinski definition) is 3. The summed E-state index contributed by atoms with van der Waals surface area (Å²) in [5, 5.41) is 7.41. The van der Waals surface area contributed by atoms with Crippen LogP contribution in [0.3, 0.4) is 0 Å². The molecule has 0 aliphatic heterocycles. The molecule has 0 saturated heterocycles. The van der Waals surface area contributed by atoms with Crippen molar-refractivity contribution in [3.05, 3.63) is 59.4 Å². The van der Waals surface area contributed by atoms with E-state index in [9.17, 15) is 0 Å². The van der Waals surface area contributed by atoms with Gasteiger partial charge in [0.25, 0.3) is 0 Å². The van der Waals surface area contributed by atoms with E-state index in [-0.39, 0.29) is 5.84 Å². The van der Waals surface area contributed by atoms with Crippen LogP contribution < -0.4 is 10.6 Å². The van der Waals surface area contributed by atoms with Gasteiger partial charge in [0.05, 0.1) is 0 Å². The summed E-state index contributed by atoms with van der Waals surface area (Å²) in [6.07, 6.45) is 1.68. The van der Waals surface area contributed by atoms with Gasteiger partial charge in [0.15, 0.2) is 0 Å². The Balaban J connectivity index is 2.15. The van der Waals surface area contributed by atoms with Crippen LogP contribution in [-0.2, 0) is 6.54 Å². The minimum Gasteiger partial charge on any atom is -0.382 e. The number of nitrogens with zero attached hydrogens (tertiary/aromatic N) is 2. The maximum Gasteiger partial charge on any atom is 0.141 e. The van der Waals surface area contributed by atoms with Crippen LogP contribution in [0.2, 0.25) is 0 Å². The van der Waals surface area contributed by atoms with Crippen molar-refractivity contribution >= 4 is 11.5 Å². The molecule has 1 heterocycles. The maximum absolute atomic E-state index is 7.41. The fourth-order valence-electron chi connectivity index (χ4n) is 1.86. The number of rotatable bonds is 4. The monoisotopic (exact) mass is 254 g/mol. The molecule has 98 valence electrons. The van der Waals surface area contributed by atoms with Gasteiger partial charge in [-0.05, 0) is 24.6 Å². The van der Waals surface area contributed by atoms with Crippen molar-refractivity contribution in [1.82, 2.24) is 4.98 Å². The predicted molar refractivity (Wildman–Crippen MR) is 78.5 cm³/mol. The van der Waals surface area contributed by atoms with Gasteiger partial charge >= 0.3 is 0 Å². The second kappa shape index (κ2) is 5.52. The van der Waals surface area contributed by atoms with E-state index < -0.39 is 0 Å². The van der Waals surface area contributed by atoms with E-state index in [2.05, 4.69) is 41.1 Å². The van der Waals surface area contributed by atoms with Crippen molar-refractivity contribution in [3.8, 4) is 0 Å². The normalized spacial score (nSPS) is 10.2. The van der Waals surface area contributed by atoms with Gasteiger partial charge in [-0.3, -0.25) is 10.4 Å². The van der Waals surface area contributed by atoms with Gasteiger partial charge < -0.3 is 10.6 Å². The van der Waals surface area contributed by atoms with E-state index in [1.807, 2.05) is 19.2 Å². The second-order valence-electron chi connectivity index (χ2n) is 4.65. The number of aromatic nitrogens is 1. The summed E-state index contributed by atoms with van der Waals surface area (Å²) in [4.78, 5) is 6.17. The van der Waals surface area contributed by atoms with Crippen LogP contribution in [0.5, 0.6) is 0 Å². The summed E-state index contributed by atoms with van der Waals surface area (Å²) >= 11 is 0. The minimum atomic E-state index is -0.00872. The van der Waals surface area contributed by atoms with E-state index in [1.54, 1.807) is 6.20 Å². The summed E-state index contributed by atoms with van der Waals surface area (Å²) in [6.45, 7) is 2.89. The Morgan fingerprint density at radius 3 is 2.58 bits per heavy atom.